The van der Waals surface area contributed by atoms with Gasteiger partial charge in [0.15, 0.2) is 5.11 Å². The summed E-state index contributed by atoms with van der Waals surface area (Å²) < 4.78 is 11.0. The predicted molar refractivity (Wildman–Crippen MR) is 117 cm³/mol. The Bertz CT molecular complexity index is 1120. The van der Waals surface area contributed by atoms with E-state index >= 15 is 0 Å². The lowest BCUT2D eigenvalue weighted by atomic mass is 10.0. The number of anilines is 1. The van der Waals surface area contributed by atoms with E-state index in [2.05, 4.69) is 21.2 Å². The molecule has 11 heteroatoms. The highest BCUT2D eigenvalue weighted by Crippen LogP contribution is 2.36. The van der Waals surface area contributed by atoms with Gasteiger partial charge < -0.3 is 9.47 Å². The minimum absolute atomic E-state index is 0.0182. The summed E-state index contributed by atoms with van der Waals surface area (Å²) in [4.78, 5) is 37.5. The molecule has 3 rings (SSSR count). The fourth-order valence-corrected chi connectivity index (χ4v) is 3.49. The number of nitrogens with one attached hydrogen (secondary N) is 1. The lowest BCUT2D eigenvalue weighted by Crippen LogP contribution is -2.54. The van der Waals surface area contributed by atoms with Gasteiger partial charge in [-0.3, -0.25) is 29.9 Å². The minimum atomic E-state index is -0.725. The molecule has 30 heavy (non-hydrogen) atoms. The summed E-state index contributed by atoms with van der Waals surface area (Å²) in [6.45, 7) is 0. The Morgan fingerprint density at radius 2 is 1.87 bits per heavy atom. The Hall–Kier alpha value is -3.31. The zero-order valence-electron chi connectivity index (χ0n) is 15.7. The SMILES string of the molecule is COc1cc(OC)c([N+](=O)[O-])cc1C=C1C(=O)NC(=S)N(c2cccc(Br)c2)C1=O. The van der Waals surface area contributed by atoms with Crippen LogP contribution in [0.5, 0.6) is 11.5 Å². The molecule has 0 radical (unpaired) electrons. The number of thiocarbonyl (C=S) groups is 1. The number of halogens is 1. The molecule has 2 aromatic rings. The molecule has 0 saturated carbocycles. The topological polar surface area (TPSA) is 111 Å². The maximum Gasteiger partial charge on any atom is 0.311 e. The number of nitrogens with zero attached hydrogens (tertiary/aromatic N) is 2. The van der Waals surface area contributed by atoms with Gasteiger partial charge in [0.1, 0.15) is 11.3 Å². The number of amides is 2. The van der Waals surface area contributed by atoms with E-state index in [0.717, 1.165) is 4.90 Å². The van der Waals surface area contributed by atoms with Gasteiger partial charge in [0, 0.05) is 22.2 Å². The maximum atomic E-state index is 13.1. The zero-order chi connectivity index (χ0) is 22.0. The smallest absolute Gasteiger partial charge is 0.311 e. The first kappa shape index (κ1) is 21.4. The van der Waals surface area contributed by atoms with Gasteiger partial charge in [-0.25, -0.2) is 0 Å². The molecule has 0 atom stereocenters. The summed E-state index contributed by atoms with van der Waals surface area (Å²) in [5.74, 6) is -1.23. The highest BCUT2D eigenvalue weighted by atomic mass is 79.9. The van der Waals surface area contributed by atoms with Gasteiger partial charge >= 0.3 is 5.69 Å². The second kappa shape index (κ2) is 8.59. The van der Waals surface area contributed by atoms with Crippen LogP contribution in [0.25, 0.3) is 6.08 Å². The molecular formula is C19H14BrN3O6S. The molecule has 1 heterocycles. The number of carbonyl (C=O) groups excluding carboxylic acids is 2. The third kappa shape index (κ3) is 4.02. The van der Waals surface area contributed by atoms with Crippen molar-refractivity contribution in [3.8, 4) is 11.5 Å². The third-order valence-electron chi connectivity index (χ3n) is 4.20. The van der Waals surface area contributed by atoms with Crippen LogP contribution in [0.3, 0.4) is 0 Å². The van der Waals surface area contributed by atoms with Crippen LogP contribution in [-0.4, -0.2) is 36.1 Å². The van der Waals surface area contributed by atoms with Gasteiger partial charge in [-0.1, -0.05) is 22.0 Å². The number of benzene rings is 2. The minimum Gasteiger partial charge on any atom is -0.496 e. The van der Waals surface area contributed by atoms with E-state index in [1.807, 2.05) is 0 Å². The molecule has 0 bridgehead atoms. The Balaban J connectivity index is 2.13. The van der Waals surface area contributed by atoms with Crippen LogP contribution in [0, 0.1) is 10.1 Å². The van der Waals surface area contributed by atoms with Crippen molar-refractivity contribution in [1.82, 2.24) is 5.32 Å². The van der Waals surface area contributed by atoms with Crippen molar-refractivity contribution in [3.63, 3.8) is 0 Å². The third-order valence-corrected chi connectivity index (χ3v) is 4.97. The van der Waals surface area contributed by atoms with Gasteiger partial charge in [0.25, 0.3) is 11.8 Å². The summed E-state index contributed by atoms with van der Waals surface area (Å²) in [5, 5.41) is 13.7. The van der Waals surface area contributed by atoms with Crippen LogP contribution in [0.2, 0.25) is 0 Å². The van der Waals surface area contributed by atoms with Crippen LogP contribution in [0.15, 0.2) is 46.4 Å². The van der Waals surface area contributed by atoms with Gasteiger partial charge in [-0.2, -0.15) is 0 Å². The van der Waals surface area contributed by atoms with Crippen molar-refractivity contribution in [2.75, 3.05) is 19.1 Å². The van der Waals surface area contributed by atoms with E-state index in [4.69, 9.17) is 21.7 Å². The standard InChI is InChI=1S/C19H14BrN3O6S/c1-28-15-9-16(29-2)14(23(26)27)7-10(15)6-13-17(24)21-19(30)22(18(13)25)12-5-3-4-11(20)8-12/h3-9H,1-2H3,(H,21,24,30). The summed E-state index contributed by atoms with van der Waals surface area (Å²) in [6.07, 6.45) is 1.22. The predicted octanol–water partition coefficient (Wildman–Crippen LogP) is 3.21. The second-order valence-electron chi connectivity index (χ2n) is 5.96. The average Bonchev–Trinajstić information content (AvgIpc) is 2.70. The average molecular weight is 492 g/mol. The van der Waals surface area contributed by atoms with Crippen LogP contribution >= 0.6 is 28.1 Å². The Morgan fingerprint density at radius 3 is 2.47 bits per heavy atom. The van der Waals surface area contributed by atoms with Gasteiger partial charge in [0.2, 0.25) is 5.75 Å². The molecular weight excluding hydrogens is 478 g/mol. The molecule has 1 aliphatic heterocycles. The van der Waals surface area contributed by atoms with Crippen LogP contribution < -0.4 is 19.7 Å². The molecule has 1 aliphatic rings. The molecule has 1 fully saturated rings. The Labute approximate surface area is 184 Å². The van der Waals surface area contributed by atoms with Crippen LogP contribution in [0.4, 0.5) is 11.4 Å². The zero-order valence-corrected chi connectivity index (χ0v) is 18.1. The Kier molecular flexibility index (Phi) is 6.13. The number of rotatable bonds is 5. The van der Waals surface area contributed by atoms with E-state index in [1.54, 1.807) is 24.3 Å². The first-order chi connectivity index (χ1) is 14.3. The fourth-order valence-electron chi connectivity index (χ4n) is 2.82. The van der Waals surface area contributed by atoms with Crippen molar-refractivity contribution in [2.45, 2.75) is 0 Å². The normalized spacial score (nSPS) is 15.2. The number of methoxy groups -OCH3 is 2. The van der Waals surface area contributed by atoms with E-state index in [1.165, 1.54) is 32.4 Å². The lowest BCUT2D eigenvalue weighted by molar-refractivity contribution is -0.385. The highest BCUT2D eigenvalue weighted by Gasteiger charge is 2.35. The molecule has 0 unspecified atom stereocenters. The summed E-state index contributed by atoms with van der Waals surface area (Å²) >= 11 is 8.49. The van der Waals surface area contributed by atoms with Crippen LogP contribution in [-0.2, 0) is 9.59 Å². The van der Waals surface area contributed by atoms with Crippen molar-refractivity contribution in [1.29, 1.82) is 0 Å². The summed E-state index contributed by atoms with van der Waals surface area (Å²) in [7, 11) is 2.64. The molecule has 154 valence electrons. The van der Waals surface area contributed by atoms with Crippen molar-refractivity contribution in [3.05, 3.63) is 62.1 Å². The monoisotopic (exact) mass is 491 g/mol. The quantitative estimate of drug-likeness (QED) is 0.224. The maximum absolute atomic E-state index is 13.1. The number of hydrogen-bond donors (Lipinski definition) is 1. The molecule has 9 nitrogen and oxygen atoms in total. The molecule has 0 aromatic heterocycles. The van der Waals surface area contributed by atoms with Crippen molar-refractivity contribution in [2.24, 2.45) is 0 Å². The summed E-state index contributed by atoms with van der Waals surface area (Å²) in [5.41, 5.74) is -0.00186. The van der Waals surface area contributed by atoms with Crippen molar-refractivity contribution < 1.29 is 24.0 Å². The molecule has 0 spiro atoms. The first-order valence-corrected chi connectivity index (χ1v) is 9.54. The lowest BCUT2D eigenvalue weighted by Gasteiger charge is -2.29. The number of hydrogen-bond acceptors (Lipinski definition) is 7. The molecule has 2 amide bonds. The molecule has 1 N–H and O–H groups in total. The van der Waals surface area contributed by atoms with Crippen LogP contribution in [0.1, 0.15) is 5.56 Å². The number of carbonyl (C=O) groups is 2. The number of nitro groups is 1. The van der Waals surface area contributed by atoms with E-state index < -0.39 is 16.7 Å². The van der Waals surface area contributed by atoms with Gasteiger partial charge in [0.05, 0.1) is 24.8 Å². The molecule has 0 aliphatic carbocycles. The molecule has 1 saturated heterocycles. The molecule has 2 aromatic carbocycles. The van der Waals surface area contributed by atoms with Crippen molar-refractivity contribution >= 4 is 62.5 Å². The van der Waals surface area contributed by atoms with Gasteiger partial charge in [-0.05, 0) is 36.5 Å². The van der Waals surface area contributed by atoms with E-state index in [9.17, 15) is 19.7 Å². The number of nitro benzene ring substituents is 1. The van der Waals surface area contributed by atoms with E-state index in [-0.39, 0.29) is 33.4 Å². The van der Waals surface area contributed by atoms with Gasteiger partial charge in [-0.15, -0.1) is 0 Å². The largest absolute Gasteiger partial charge is 0.496 e. The second-order valence-corrected chi connectivity index (χ2v) is 7.26. The van der Waals surface area contributed by atoms with E-state index in [0.29, 0.717) is 10.2 Å². The number of ether oxygens (including phenoxy) is 2. The summed E-state index contributed by atoms with van der Waals surface area (Å²) in [6, 6.07) is 9.29. The Morgan fingerprint density at radius 1 is 1.17 bits per heavy atom. The highest BCUT2D eigenvalue weighted by molar-refractivity contribution is 9.10. The first-order valence-electron chi connectivity index (χ1n) is 8.34. The fraction of sp³-hybridized carbons (Fsp3) is 0.105.